The first-order chi connectivity index (χ1) is 12.7. The standard InChI is InChI=1S/C15H17N3O7S2.Na/c1-7-8(2)27-14(16-7)26-6-10(19)17-9-5-24-18(12(9)21)15(13(22)23)4-3-11(20)25-15;/h9H,3-6H2,1-2H3,(H,17,19)(H,22,23);/q;+1/p-1/t9-,15?;/m0./s1. The number of carboxylic acid groups (broad SMARTS) is 1. The van der Waals surface area contributed by atoms with Crippen molar-refractivity contribution >= 4 is 46.9 Å². The molecule has 2 aliphatic rings. The van der Waals surface area contributed by atoms with Crippen LogP contribution in [0, 0.1) is 13.8 Å². The zero-order valence-corrected chi connectivity index (χ0v) is 19.1. The van der Waals surface area contributed by atoms with Gasteiger partial charge >= 0.3 is 35.5 Å². The summed E-state index contributed by atoms with van der Waals surface area (Å²) in [4.78, 5) is 57.9. The molecule has 3 rings (SSSR count). The molecule has 0 spiro atoms. The summed E-state index contributed by atoms with van der Waals surface area (Å²) in [5, 5.41) is 14.4. The second kappa shape index (κ2) is 9.09. The number of carbonyl (C=O) groups excluding carboxylic acids is 4. The normalized spacial score (nSPS) is 24.1. The van der Waals surface area contributed by atoms with Crippen molar-refractivity contribution in [2.75, 3.05) is 12.4 Å². The van der Waals surface area contributed by atoms with Crippen LogP contribution in [-0.4, -0.2) is 57.9 Å². The molecule has 1 aromatic heterocycles. The van der Waals surface area contributed by atoms with Crippen molar-refractivity contribution in [1.82, 2.24) is 15.4 Å². The fourth-order valence-corrected chi connectivity index (χ4v) is 4.58. The molecule has 2 aliphatic heterocycles. The molecule has 0 saturated carbocycles. The van der Waals surface area contributed by atoms with Crippen LogP contribution in [-0.2, 0) is 28.8 Å². The first kappa shape index (κ1) is 23.1. The Kier molecular flexibility index (Phi) is 7.50. The SMILES string of the molecule is Cc1nc(SCC(=O)N[C@H]2CON(C3(C(=O)[O-])CCC(=O)O3)C2=O)sc1C.[Na+]. The van der Waals surface area contributed by atoms with E-state index in [2.05, 4.69) is 10.3 Å². The number of esters is 1. The number of carboxylic acids is 1. The van der Waals surface area contributed by atoms with E-state index in [-0.39, 0.29) is 54.8 Å². The van der Waals surface area contributed by atoms with Crippen LogP contribution in [0.4, 0.5) is 0 Å². The van der Waals surface area contributed by atoms with Crippen LogP contribution in [0.15, 0.2) is 4.34 Å². The molecule has 2 fully saturated rings. The molecule has 1 unspecified atom stereocenters. The smallest absolute Gasteiger partial charge is 0.544 e. The van der Waals surface area contributed by atoms with Gasteiger partial charge in [0.15, 0.2) is 4.34 Å². The number of aromatic nitrogens is 1. The van der Waals surface area contributed by atoms with Crippen molar-refractivity contribution in [2.45, 2.75) is 42.8 Å². The zero-order chi connectivity index (χ0) is 19.8. The molecule has 1 aromatic rings. The first-order valence-electron chi connectivity index (χ1n) is 7.99. The third-order valence-corrected chi connectivity index (χ3v) is 6.35. The van der Waals surface area contributed by atoms with Crippen LogP contribution >= 0.6 is 23.1 Å². The summed E-state index contributed by atoms with van der Waals surface area (Å²) in [6.07, 6.45) is -0.458. The van der Waals surface area contributed by atoms with Crippen LogP contribution in [0.3, 0.4) is 0 Å². The number of hydroxylamine groups is 2. The minimum Gasteiger partial charge on any atom is -0.544 e. The predicted molar refractivity (Wildman–Crippen MR) is 90.1 cm³/mol. The number of cyclic esters (lactones) is 1. The van der Waals surface area contributed by atoms with E-state index in [1.807, 2.05) is 13.8 Å². The molecule has 0 aliphatic carbocycles. The molecule has 0 aromatic carbocycles. The molecule has 28 heavy (non-hydrogen) atoms. The van der Waals surface area contributed by atoms with Crippen LogP contribution in [0.25, 0.3) is 0 Å². The minimum absolute atomic E-state index is 0. The summed E-state index contributed by atoms with van der Waals surface area (Å²) in [6.45, 7) is 3.54. The number of hydrogen-bond acceptors (Lipinski definition) is 10. The number of aliphatic carboxylic acids is 1. The van der Waals surface area contributed by atoms with Gasteiger partial charge in [-0.15, -0.1) is 11.3 Å². The van der Waals surface area contributed by atoms with Crippen LogP contribution in [0.5, 0.6) is 0 Å². The third-order valence-electron chi connectivity index (χ3n) is 4.14. The number of rotatable bonds is 6. The van der Waals surface area contributed by atoms with Gasteiger partial charge in [0, 0.05) is 11.3 Å². The Balaban J connectivity index is 0.00000280. The number of carbonyl (C=O) groups is 4. The average molecular weight is 437 g/mol. The van der Waals surface area contributed by atoms with Gasteiger partial charge in [0.2, 0.25) is 5.91 Å². The van der Waals surface area contributed by atoms with Crippen molar-refractivity contribution < 1.29 is 63.4 Å². The Bertz CT molecular complexity index is 798. The largest absolute Gasteiger partial charge is 1.00 e. The number of amides is 2. The molecule has 0 bridgehead atoms. The molecule has 10 nitrogen and oxygen atoms in total. The third kappa shape index (κ3) is 4.52. The van der Waals surface area contributed by atoms with Gasteiger partial charge in [0.1, 0.15) is 18.6 Å². The van der Waals surface area contributed by atoms with E-state index in [9.17, 15) is 24.3 Å². The first-order valence-corrected chi connectivity index (χ1v) is 9.79. The summed E-state index contributed by atoms with van der Waals surface area (Å²) in [5.74, 6) is -3.72. The molecule has 3 heterocycles. The molecular formula is C15H16N3NaO7S2. The molecule has 1 N–H and O–H groups in total. The maximum Gasteiger partial charge on any atom is 1.00 e. The van der Waals surface area contributed by atoms with E-state index in [0.717, 1.165) is 14.9 Å². The van der Waals surface area contributed by atoms with Gasteiger partial charge in [-0.2, -0.15) is 5.06 Å². The van der Waals surface area contributed by atoms with Gasteiger partial charge in [-0.1, -0.05) is 11.8 Å². The number of thiazole rings is 1. The van der Waals surface area contributed by atoms with Crippen molar-refractivity contribution in [3.63, 3.8) is 0 Å². The Labute approximate surface area is 190 Å². The number of thioether (sulfide) groups is 1. The Morgan fingerprint density at radius 3 is 2.68 bits per heavy atom. The van der Waals surface area contributed by atoms with Crippen molar-refractivity contribution in [3.05, 3.63) is 10.6 Å². The summed E-state index contributed by atoms with van der Waals surface area (Å²) in [7, 11) is 0. The molecule has 13 heteroatoms. The Hall–Kier alpha value is -1.18. The number of ether oxygens (including phenoxy) is 1. The number of hydrogen-bond donors (Lipinski definition) is 1. The van der Waals surface area contributed by atoms with E-state index in [0.29, 0.717) is 5.06 Å². The Morgan fingerprint density at radius 1 is 1.43 bits per heavy atom. The van der Waals surface area contributed by atoms with Crippen molar-refractivity contribution in [1.29, 1.82) is 0 Å². The van der Waals surface area contributed by atoms with Crippen LogP contribution < -0.4 is 40.0 Å². The van der Waals surface area contributed by atoms with E-state index >= 15 is 0 Å². The summed E-state index contributed by atoms with van der Waals surface area (Å²) in [6, 6.07) is -1.08. The van der Waals surface area contributed by atoms with Crippen molar-refractivity contribution in [2.24, 2.45) is 0 Å². The van der Waals surface area contributed by atoms with E-state index in [4.69, 9.17) is 9.57 Å². The maximum atomic E-state index is 12.5. The molecule has 146 valence electrons. The zero-order valence-electron chi connectivity index (χ0n) is 15.5. The van der Waals surface area contributed by atoms with Gasteiger partial charge in [0.05, 0.1) is 17.9 Å². The molecule has 0 radical (unpaired) electrons. The summed E-state index contributed by atoms with van der Waals surface area (Å²) in [5.41, 5.74) is -1.39. The van der Waals surface area contributed by atoms with E-state index in [1.165, 1.54) is 23.1 Å². The number of aryl methyl sites for hydroxylation is 2. The van der Waals surface area contributed by atoms with Gasteiger partial charge in [-0.3, -0.25) is 19.2 Å². The van der Waals surface area contributed by atoms with Gasteiger partial charge < -0.3 is 20.0 Å². The summed E-state index contributed by atoms with van der Waals surface area (Å²) >= 11 is 2.71. The van der Waals surface area contributed by atoms with Gasteiger partial charge in [-0.05, 0) is 13.8 Å². The molecule has 2 amide bonds. The monoisotopic (exact) mass is 437 g/mol. The quantitative estimate of drug-likeness (QED) is 0.267. The second-order valence-corrected chi connectivity index (χ2v) is 8.43. The average Bonchev–Trinajstić information content (AvgIpc) is 3.26. The van der Waals surface area contributed by atoms with Gasteiger partial charge in [-0.25, -0.2) is 4.98 Å². The fourth-order valence-electron chi connectivity index (χ4n) is 2.61. The fraction of sp³-hybridized carbons (Fsp3) is 0.533. The maximum absolute atomic E-state index is 12.5. The molecular weight excluding hydrogens is 421 g/mol. The minimum atomic E-state index is -2.29. The van der Waals surface area contributed by atoms with Crippen LogP contribution in [0.1, 0.15) is 23.4 Å². The summed E-state index contributed by atoms with van der Waals surface area (Å²) < 4.78 is 5.53. The Morgan fingerprint density at radius 2 is 2.14 bits per heavy atom. The van der Waals surface area contributed by atoms with Crippen molar-refractivity contribution in [3.8, 4) is 0 Å². The predicted octanol–water partition coefficient (Wildman–Crippen LogP) is -4.10. The van der Waals surface area contributed by atoms with E-state index in [1.54, 1.807) is 0 Å². The van der Waals surface area contributed by atoms with Gasteiger partial charge in [0.25, 0.3) is 11.6 Å². The second-order valence-electron chi connectivity index (χ2n) is 6.00. The number of nitrogens with zero attached hydrogens (tertiary/aromatic N) is 2. The molecule has 2 atom stereocenters. The molecule has 2 saturated heterocycles. The van der Waals surface area contributed by atoms with Crippen LogP contribution in [0.2, 0.25) is 0 Å². The number of nitrogens with one attached hydrogen (secondary N) is 1. The van der Waals surface area contributed by atoms with E-state index < -0.39 is 35.5 Å². The topological polar surface area (TPSA) is 138 Å².